The van der Waals surface area contributed by atoms with Crippen LogP contribution in [-0.2, 0) is 35.2 Å². The number of furan rings is 1. The van der Waals surface area contributed by atoms with Crippen LogP contribution in [0, 0.1) is 18.9 Å². The maximum Gasteiger partial charge on any atom is 0.338 e. The van der Waals surface area contributed by atoms with Crippen molar-refractivity contribution in [2.24, 2.45) is 11.5 Å². The lowest BCUT2D eigenvalue weighted by Gasteiger charge is -2.05. The predicted octanol–water partition coefficient (Wildman–Crippen LogP) is 5.02. The van der Waals surface area contributed by atoms with Crippen LogP contribution in [0.1, 0.15) is 62.6 Å². The maximum atomic E-state index is 11.6. The molecule has 3 aromatic heterocycles. The number of hydrogen-bond acceptors (Lipinski definition) is 10. The lowest BCUT2D eigenvalue weighted by atomic mass is 10.0. The van der Waals surface area contributed by atoms with E-state index in [9.17, 15) is 9.59 Å². The minimum Gasteiger partial charge on any atom is -0.482 e. The van der Waals surface area contributed by atoms with Crippen LogP contribution in [-0.4, -0.2) is 46.1 Å². The number of carbonyl (C=O) groups is 2. The number of fused-ring (bicyclic) bond motifs is 1. The van der Waals surface area contributed by atoms with Gasteiger partial charge in [-0.25, -0.2) is 14.4 Å². The van der Waals surface area contributed by atoms with Crippen LogP contribution in [0.4, 0.5) is 17.5 Å². The van der Waals surface area contributed by atoms with Crippen molar-refractivity contribution < 1.29 is 23.5 Å². The third kappa shape index (κ3) is 10.9. The highest BCUT2D eigenvalue weighted by Gasteiger charge is 2.13. The fourth-order valence-electron chi connectivity index (χ4n) is 4.77. The second-order valence-electron chi connectivity index (χ2n) is 10.6. The summed E-state index contributed by atoms with van der Waals surface area (Å²) in [6, 6.07) is 14.8. The van der Waals surface area contributed by atoms with Gasteiger partial charge in [-0.15, -0.1) is 0 Å². The van der Waals surface area contributed by atoms with Crippen LogP contribution in [0.25, 0.3) is 15.9 Å². The summed E-state index contributed by atoms with van der Waals surface area (Å²) in [5, 5.41) is 6.87. The van der Waals surface area contributed by atoms with E-state index in [2.05, 4.69) is 31.3 Å². The monoisotopic (exact) mass is 667 g/mol. The molecule has 2 aromatic carbocycles. The molecule has 256 valence electrons. The van der Waals surface area contributed by atoms with Gasteiger partial charge in [-0.05, 0) is 93.0 Å². The molecule has 0 saturated carbocycles. The van der Waals surface area contributed by atoms with Gasteiger partial charge in [0.15, 0.2) is 5.96 Å². The van der Waals surface area contributed by atoms with Crippen LogP contribution in [0.5, 0.6) is 0 Å². The van der Waals surface area contributed by atoms with E-state index in [1.54, 1.807) is 51.3 Å². The summed E-state index contributed by atoms with van der Waals surface area (Å²) in [5.74, 6) is 0.264. The molecular weight excluding hydrogens is 626 g/mol. The highest BCUT2D eigenvalue weighted by molar-refractivity contribution is 5.91. The normalized spacial score (nSPS) is 10.2. The van der Waals surface area contributed by atoms with E-state index in [1.807, 2.05) is 30.5 Å². The highest BCUT2D eigenvalue weighted by atomic mass is 16.5. The highest BCUT2D eigenvalue weighted by Crippen LogP contribution is 2.27. The van der Waals surface area contributed by atoms with Gasteiger partial charge < -0.3 is 41.8 Å². The fraction of sp³-hybridized carbons (Fsp3) is 0.257. The summed E-state index contributed by atoms with van der Waals surface area (Å²) < 4.78 is 15.2. The van der Waals surface area contributed by atoms with Gasteiger partial charge in [0.2, 0.25) is 11.6 Å². The Balaban J connectivity index is 0.000000241. The number of H-pyrrole nitrogens is 1. The van der Waals surface area contributed by atoms with E-state index in [-0.39, 0.29) is 23.8 Å². The van der Waals surface area contributed by atoms with Crippen molar-refractivity contribution in [1.29, 1.82) is 5.41 Å². The van der Waals surface area contributed by atoms with Crippen LogP contribution in [0.3, 0.4) is 0 Å². The number of anilines is 2. The van der Waals surface area contributed by atoms with E-state index in [0.717, 1.165) is 53.3 Å². The van der Waals surface area contributed by atoms with E-state index < -0.39 is 0 Å². The molecule has 0 bridgehead atoms. The second kappa shape index (κ2) is 18.1. The second-order valence-corrected chi connectivity index (χ2v) is 10.6. The first-order valence-corrected chi connectivity index (χ1v) is 15.4. The Kier molecular flexibility index (Phi) is 13.7. The molecule has 0 aliphatic heterocycles. The molecule has 0 fully saturated rings. The molecule has 14 nitrogen and oxygen atoms in total. The number of nitrogens with two attached hydrogens (primary N) is 4. The van der Waals surface area contributed by atoms with Crippen LogP contribution in [0.15, 0.2) is 65.4 Å². The molecule has 0 unspecified atom stereocenters. The van der Waals surface area contributed by atoms with Gasteiger partial charge in [0, 0.05) is 6.20 Å². The molecule has 0 spiro atoms. The third-order valence-corrected chi connectivity index (χ3v) is 7.08. The van der Waals surface area contributed by atoms with Crippen LogP contribution >= 0.6 is 0 Å². The molecular formula is C35H41N9O5. The molecule has 3 heterocycles. The molecule has 10 N–H and O–H groups in total. The Hall–Kier alpha value is -6.36. The number of hydrogen-bond donors (Lipinski definition) is 6. The number of benzene rings is 2. The standard InChI is InChI=1S/C17H19N5O2.C17H17NO3.CH5N3/c1-2-24-16(23)11-6-3-10(4-7-11)5-8-12-9-20-15-13(12)14(18)21-17(19)22-15;1-4-20-17(19)14-8-5-13(6-9-14)7-10-15-11-21-12(2)16(15)18-3;2-1(3)4/h3-4,6-7,9H,2,5,8H2,1H3,(H5,18,19,20,21,22);5-6,8-9,11H,4,7,10H2,1-2H3;(H5,2,3,4). The molecule has 5 aromatic rings. The van der Waals surface area contributed by atoms with Crippen molar-refractivity contribution in [3.8, 4) is 0 Å². The number of nitrogens with zero attached hydrogens (tertiary/aromatic N) is 3. The average molecular weight is 668 g/mol. The minimum absolute atomic E-state index is 0.156. The lowest BCUT2D eigenvalue weighted by Crippen LogP contribution is -2.20. The number of ether oxygens (including phenoxy) is 2. The number of aromatic amines is 1. The van der Waals surface area contributed by atoms with Crippen molar-refractivity contribution in [3.05, 3.63) is 112 Å². The Labute approximate surface area is 284 Å². The number of aryl methyl sites for hydroxylation is 5. The van der Waals surface area contributed by atoms with Gasteiger partial charge >= 0.3 is 11.9 Å². The first-order chi connectivity index (χ1) is 23.5. The predicted molar refractivity (Wildman–Crippen MR) is 188 cm³/mol. The number of esters is 2. The van der Waals surface area contributed by atoms with Crippen molar-refractivity contribution in [2.75, 3.05) is 24.7 Å². The number of carbonyl (C=O) groups excluding carboxylic acids is 2. The zero-order valence-corrected chi connectivity index (χ0v) is 27.7. The molecule has 0 amide bonds. The summed E-state index contributed by atoms with van der Waals surface area (Å²) in [6.07, 6.45) is 6.65. The molecule has 0 radical (unpaired) electrons. The van der Waals surface area contributed by atoms with Gasteiger partial charge in [-0.1, -0.05) is 24.3 Å². The van der Waals surface area contributed by atoms with Gasteiger partial charge in [0.25, 0.3) is 0 Å². The van der Waals surface area contributed by atoms with E-state index in [4.69, 9.17) is 37.3 Å². The Morgan fingerprint density at radius 2 is 1.35 bits per heavy atom. The number of aromatic nitrogens is 3. The maximum absolute atomic E-state index is 11.6. The Bertz CT molecular complexity index is 1900. The van der Waals surface area contributed by atoms with Crippen LogP contribution in [0.2, 0.25) is 0 Å². The SMILES string of the molecule is CCOC(=O)c1ccc(CCc2c[nH]c3nc(N)nc(N)c23)cc1.N=C(N)N.[C-]#[N+]c1c(CCc2ccc(C(=O)OCC)cc2)coc1C. The number of guanidine groups is 1. The van der Waals surface area contributed by atoms with Gasteiger partial charge in [-0.2, -0.15) is 9.97 Å². The van der Waals surface area contributed by atoms with Gasteiger partial charge in [-0.3, -0.25) is 5.41 Å². The quantitative estimate of drug-likeness (QED) is 0.0500. The summed E-state index contributed by atoms with van der Waals surface area (Å²) in [6.45, 7) is 13.3. The molecule has 5 rings (SSSR count). The van der Waals surface area contributed by atoms with Gasteiger partial charge in [0.05, 0.1) is 42.6 Å². The topological polar surface area (TPSA) is 240 Å². The van der Waals surface area contributed by atoms with E-state index >= 15 is 0 Å². The first-order valence-electron chi connectivity index (χ1n) is 15.4. The Morgan fingerprint density at radius 1 is 0.857 bits per heavy atom. The molecule has 0 atom stereocenters. The summed E-state index contributed by atoms with van der Waals surface area (Å²) in [4.78, 5) is 37.9. The molecule has 0 aliphatic rings. The van der Waals surface area contributed by atoms with Crippen molar-refractivity contribution in [1.82, 2.24) is 15.0 Å². The number of nitrogen functional groups attached to an aromatic ring is 2. The van der Waals surface area contributed by atoms with E-state index in [1.165, 1.54) is 0 Å². The van der Waals surface area contributed by atoms with Gasteiger partial charge in [0.1, 0.15) is 17.2 Å². The van der Waals surface area contributed by atoms with E-state index in [0.29, 0.717) is 47.3 Å². The summed E-state index contributed by atoms with van der Waals surface area (Å²) in [7, 11) is 0. The summed E-state index contributed by atoms with van der Waals surface area (Å²) in [5.41, 5.74) is 27.1. The third-order valence-electron chi connectivity index (χ3n) is 7.08. The van der Waals surface area contributed by atoms with Crippen molar-refractivity contribution in [2.45, 2.75) is 46.5 Å². The van der Waals surface area contributed by atoms with Crippen LogP contribution < -0.4 is 22.9 Å². The Morgan fingerprint density at radius 3 is 1.82 bits per heavy atom. The molecule has 0 aliphatic carbocycles. The molecule has 49 heavy (non-hydrogen) atoms. The van der Waals surface area contributed by atoms with Crippen molar-refractivity contribution >= 4 is 46.4 Å². The number of nitrogens with one attached hydrogen (secondary N) is 2. The summed E-state index contributed by atoms with van der Waals surface area (Å²) >= 11 is 0. The molecule has 0 saturated heterocycles. The zero-order chi connectivity index (χ0) is 35.9. The van der Waals surface area contributed by atoms with Crippen molar-refractivity contribution in [3.63, 3.8) is 0 Å². The lowest BCUT2D eigenvalue weighted by molar-refractivity contribution is 0.0516. The zero-order valence-electron chi connectivity index (χ0n) is 27.7. The molecule has 14 heteroatoms. The first kappa shape index (κ1) is 37.1. The number of rotatable bonds is 10. The fourth-order valence-corrected chi connectivity index (χ4v) is 4.77. The average Bonchev–Trinajstić information content (AvgIpc) is 3.65. The smallest absolute Gasteiger partial charge is 0.338 e. The largest absolute Gasteiger partial charge is 0.482 e. The minimum atomic E-state index is -0.333.